The number of carboxylic acid groups (broad SMARTS) is 1. The summed E-state index contributed by atoms with van der Waals surface area (Å²) in [7, 11) is 1.31. The van der Waals surface area contributed by atoms with Gasteiger partial charge >= 0.3 is 11.7 Å². The van der Waals surface area contributed by atoms with Gasteiger partial charge in [0, 0.05) is 7.05 Å². The van der Waals surface area contributed by atoms with E-state index in [1.807, 2.05) is 0 Å². The number of nitrogens with zero attached hydrogens (tertiary/aromatic N) is 2. The van der Waals surface area contributed by atoms with Gasteiger partial charge in [0.2, 0.25) is 5.91 Å². The minimum Gasteiger partial charge on any atom is -0.477 e. The Balaban J connectivity index is 2.39. The highest BCUT2D eigenvalue weighted by atomic mass is 16.6. The van der Waals surface area contributed by atoms with Gasteiger partial charge in [0.15, 0.2) is 0 Å². The van der Waals surface area contributed by atoms with Crippen molar-refractivity contribution in [3.63, 3.8) is 0 Å². The maximum Gasteiger partial charge on any atom is 0.342 e. The lowest BCUT2D eigenvalue weighted by molar-refractivity contribution is -0.384. The zero-order valence-electron chi connectivity index (χ0n) is 10.9. The fraction of sp³-hybridized carbons (Fsp3) is 0.250. The Kier molecular flexibility index (Phi) is 3.57. The topological polar surface area (TPSA) is 130 Å². The van der Waals surface area contributed by atoms with Gasteiger partial charge in [-0.1, -0.05) is 6.07 Å². The van der Waals surface area contributed by atoms with Crippen LogP contribution in [0.5, 0.6) is 0 Å². The van der Waals surface area contributed by atoms with Crippen LogP contribution in [0.4, 0.5) is 11.4 Å². The summed E-state index contributed by atoms with van der Waals surface area (Å²) in [5.74, 6) is -2.37. The van der Waals surface area contributed by atoms with Crippen LogP contribution >= 0.6 is 0 Å². The van der Waals surface area contributed by atoms with Crippen molar-refractivity contribution in [2.75, 3.05) is 12.4 Å². The van der Waals surface area contributed by atoms with Crippen LogP contribution < -0.4 is 5.32 Å². The molecule has 1 aromatic carbocycles. The zero-order chi connectivity index (χ0) is 15.7. The van der Waals surface area contributed by atoms with Crippen LogP contribution in [-0.4, -0.2) is 45.8 Å². The Morgan fingerprint density at radius 3 is 2.62 bits per heavy atom. The number of hydrogen-bond acceptors (Lipinski definition) is 6. The second-order valence-electron chi connectivity index (χ2n) is 4.46. The van der Waals surface area contributed by atoms with Crippen molar-refractivity contribution in [2.24, 2.45) is 0 Å². The number of carboxylic acids is 1. The number of imide groups is 1. The van der Waals surface area contributed by atoms with Crippen molar-refractivity contribution < 1.29 is 24.4 Å². The lowest BCUT2D eigenvalue weighted by Gasteiger charge is -2.13. The molecule has 1 heterocycles. The van der Waals surface area contributed by atoms with Gasteiger partial charge in [0.1, 0.15) is 17.3 Å². The predicted octanol–water partition coefficient (Wildman–Crippen LogP) is 0.462. The number of nitrogens with one attached hydrogen (secondary N) is 1. The third-order valence-corrected chi connectivity index (χ3v) is 3.16. The quantitative estimate of drug-likeness (QED) is 0.468. The van der Waals surface area contributed by atoms with Crippen LogP contribution in [0.15, 0.2) is 18.2 Å². The van der Waals surface area contributed by atoms with E-state index in [0.717, 1.165) is 11.0 Å². The molecule has 1 aliphatic rings. The summed E-state index contributed by atoms with van der Waals surface area (Å²) in [5.41, 5.74) is -1.24. The second-order valence-corrected chi connectivity index (χ2v) is 4.46. The third-order valence-electron chi connectivity index (χ3n) is 3.16. The summed E-state index contributed by atoms with van der Waals surface area (Å²) in [6.45, 7) is 0. The third kappa shape index (κ3) is 2.53. The molecule has 21 heavy (non-hydrogen) atoms. The van der Waals surface area contributed by atoms with E-state index in [1.165, 1.54) is 19.2 Å². The zero-order valence-corrected chi connectivity index (χ0v) is 10.9. The molecule has 2 N–H and O–H groups in total. The van der Waals surface area contributed by atoms with Crippen molar-refractivity contribution >= 4 is 29.2 Å². The SMILES string of the molecule is CN1C(=O)CC(Nc2cccc(C(=O)O)c2[N+](=O)[O-])C1=O. The van der Waals surface area contributed by atoms with E-state index in [2.05, 4.69) is 5.32 Å². The molecule has 1 fully saturated rings. The summed E-state index contributed by atoms with van der Waals surface area (Å²) in [6, 6.07) is 2.77. The summed E-state index contributed by atoms with van der Waals surface area (Å²) >= 11 is 0. The fourth-order valence-corrected chi connectivity index (χ4v) is 2.09. The van der Waals surface area contributed by atoms with Crippen molar-refractivity contribution in [1.82, 2.24) is 4.90 Å². The fourth-order valence-electron chi connectivity index (χ4n) is 2.09. The lowest BCUT2D eigenvalue weighted by Crippen LogP contribution is -2.32. The van der Waals surface area contributed by atoms with E-state index in [0.29, 0.717) is 0 Å². The van der Waals surface area contributed by atoms with Crippen LogP contribution in [0.1, 0.15) is 16.8 Å². The highest BCUT2D eigenvalue weighted by Gasteiger charge is 2.37. The van der Waals surface area contributed by atoms with Gasteiger partial charge in [-0.2, -0.15) is 0 Å². The van der Waals surface area contributed by atoms with Crippen molar-refractivity contribution in [1.29, 1.82) is 0 Å². The molecular weight excluding hydrogens is 282 g/mol. The Morgan fingerprint density at radius 2 is 2.14 bits per heavy atom. The van der Waals surface area contributed by atoms with Gasteiger partial charge < -0.3 is 10.4 Å². The normalized spacial score (nSPS) is 18.0. The number of benzene rings is 1. The number of likely N-dealkylation sites (tertiary alicyclic amines) is 1. The molecule has 1 unspecified atom stereocenters. The number of amides is 2. The van der Waals surface area contributed by atoms with E-state index < -0.39 is 40.0 Å². The van der Waals surface area contributed by atoms with Gasteiger partial charge in [-0.25, -0.2) is 4.79 Å². The van der Waals surface area contributed by atoms with E-state index in [1.54, 1.807) is 0 Å². The van der Waals surface area contributed by atoms with Crippen LogP contribution in [-0.2, 0) is 9.59 Å². The number of nitro groups is 1. The Hall–Kier alpha value is -2.97. The number of carbonyl (C=O) groups excluding carboxylic acids is 2. The number of nitro benzene ring substituents is 1. The average molecular weight is 293 g/mol. The number of likely N-dealkylation sites (N-methyl/N-ethyl adjacent to an activating group) is 1. The first-order valence-corrected chi connectivity index (χ1v) is 5.90. The first-order valence-electron chi connectivity index (χ1n) is 5.90. The molecule has 0 aromatic heterocycles. The van der Waals surface area contributed by atoms with E-state index in [4.69, 9.17) is 5.11 Å². The number of carbonyl (C=O) groups is 3. The molecule has 9 nitrogen and oxygen atoms in total. The molecule has 1 atom stereocenters. The van der Waals surface area contributed by atoms with E-state index >= 15 is 0 Å². The average Bonchev–Trinajstić information content (AvgIpc) is 2.65. The first-order chi connectivity index (χ1) is 9.82. The molecule has 2 amide bonds. The highest BCUT2D eigenvalue weighted by Crippen LogP contribution is 2.30. The molecule has 0 bridgehead atoms. The molecule has 0 spiro atoms. The molecular formula is C12H11N3O6. The number of rotatable bonds is 4. The van der Waals surface area contributed by atoms with E-state index in [9.17, 15) is 24.5 Å². The van der Waals surface area contributed by atoms with Gasteiger partial charge in [0.05, 0.1) is 11.3 Å². The van der Waals surface area contributed by atoms with Crippen molar-refractivity contribution in [2.45, 2.75) is 12.5 Å². The Morgan fingerprint density at radius 1 is 1.48 bits per heavy atom. The Bertz CT molecular complexity index is 656. The molecule has 2 rings (SSSR count). The predicted molar refractivity (Wildman–Crippen MR) is 69.9 cm³/mol. The number of anilines is 1. The van der Waals surface area contributed by atoms with Crippen LogP contribution in [0.2, 0.25) is 0 Å². The molecule has 1 aliphatic heterocycles. The minimum absolute atomic E-state index is 0.110. The summed E-state index contributed by atoms with van der Waals surface area (Å²) < 4.78 is 0. The summed E-state index contributed by atoms with van der Waals surface area (Å²) in [6.07, 6.45) is -0.135. The Labute approximate surface area is 118 Å². The maximum absolute atomic E-state index is 11.8. The van der Waals surface area contributed by atoms with Gasteiger partial charge in [-0.05, 0) is 12.1 Å². The summed E-state index contributed by atoms with van der Waals surface area (Å²) in [5, 5.41) is 22.6. The van der Waals surface area contributed by atoms with Gasteiger partial charge in [-0.15, -0.1) is 0 Å². The molecule has 0 radical (unpaired) electrons. The minimum atomic E-state index is -1.45. The highest BCUT2D eigenvalue weighted by molar-refractivity contribution is 6.07. The summed E-state index contributed by atoms with van der Waals surface area (Å²) in [4.78, 5) is 45.4. The second kappa shape index (κ2) is 5.19. The largest absolute Gasteiger partial charge is 0.477 e. The molecule has 1 aromatic rings. The number of para-hydroxylation sites is 1. The number of aromatic carboxylic acids is 1. The van der Waals surface area contributed by atoms with Gasteiger partial charge in [-0.3, -0.25) is 24.6 Å². The van der Waals surface area contributed by atoms with Crippen LogP contribution in [0, 0.1) is 10.1 Å². The molecule has 1 saturated heterocycles. The van der Waals surface area contributed by atoms with Crippen molar-refractivity contribution in [3.8, 4) is 0 Å². The molecule has 9 heteroatoms. The first kappa shape index (κ1) is 14.4. The maximum atomic E-state index is 11.8. The standard InChI is InChI=1S/C12H11N3O6/c1-14-9(16)5-8(11(14)17)13-7-4-2-3-6(12(18)19)10(7)15(20)21/h2-4,8,13H,5H2,1H3,(H,18,19). The van der Waals surface area contributed by atoms with Crippen LogP contribution in [0.3, 0.4) is 0 Å². The molecule has 0 saturated carbocycles. The number of hydrogen-bond donors (Lipinski definition) is 2. The van der Waals surface area contributed by atoms with Crippen LogP contribution in [0.25, 0.3) is 0 Å². The van der Waals surface area contributed by atoms with Crippen molar-refractivity contribution in [3.05, 3.63) is 33.9 Å². The lowest BCUT2D eigenvalue weighted by atomic mass is 10.1. The molecule has 0 aliphatic carbocycles. The smallest absolute Gasteiger partial charge is 0.342 e. The molecule has 110 valence electrons. The van der Waals surface area contributed by atoms with E-state index in [-0.39, 0.29) is 12.1 Å². The monoisotopic (exact) mass is 293 g/mol. The van der Waals surface area contributed by atoms with Gasteiger partial charge in [0.25, 0.3) is 5.91 Å².